The SMILES string of the molecule is CC(C)Nc1cc(-c2ccc3cc(C#N)cnn23)ncc1-c1nnc(N2C[C@H]3CC[C@@H](C2)C3NC(=O)C(C)O)s1. The van der Waals surface area contributed by atoms with E-state index in [0.29, 0.717) is 17.4 Å². The molecule has 1 aliphatic heterocycles. The summed E-state index contributed by atoms with van der Waals surface area (Å²) in [4.78, 5) is 19.2. The molecule has 11 nitrogen and oxygen atoms in total. The summed E-state index contributed by atoms with van der Waals surface area (Å²) in [5.74, 6) is 0.343. The van der Waals surface area contributed by atoms with E-state index < -0.39 is 6.10 Å². The van der Waals surface area contributed by atoms with E-state index in [1.54, 1.807) is 28.1 Å². The third kappa shape index (κ3) is 4.87. The van der Waals surface area contributed by atoms with Crippen molar-refractivity contribution in [2.75, 3.05) is 23.3 Å². The van der Waals surface area contributed by atoms with Crippen LogP contribution in [0.3, 0.4) is 0 Å². The van der Waals surface area contributed by atoms with Gasteiger partial charge in [-0.2, -0.15) is 10.4 Å². The third-order valence-electron chi connectivity index (χ3n) is 7.68. The normalized spacial score (nSPS) is 21.0. The molecule has 1 saturated heterocycles. The summed E-state index contributed by atoms with van der Waals surface area (Å²) < 4.78 is 1.78. The topological polar surface area (TPSA) is 144 Å². The zero-order valence-electron chi connectivity index (χ0n) is 22.6. The van der Waals surface area contributed by atoms with E-state index in [9.17, 15) is 15.2 Å². The Bertz CT molecular complexity index is 1590. The van der Waals surface area contributed by atoms with Crippen LogP contribution in [0, 0.1) is 23.2 Å². The summed E-state index contributed by atoms with van der Waals surface area (Å²) in [6.45, 7) is 7.27. The number of hydrogen-bond donors (Lipinski definition) is 3. The quantitative estimate of drug-likeness (QED) is 0.312. The van der Waals surface area contributed by atoms with Crippen molar-refractivity contribution in [1.82, 2.24) is 30.1 Å². The van der Waals surface area contributed by atoms with Gasteiger partial charge in [0.15, 0.2) is 5.01 Å². The first-order valence-corrected chi connectivity index (χ1v) is 14.3. The van der Waals surface area contributed by atoms with Crippen molar-refractivity contribution in [3.8, 4) is 28.0 Å². The maximum Gasteiger partial charge on any atom is 0.248 e. The second kappa shape index (κ2) is 10.5. The molecule has 2 unspecified atom stereocenters. The molecule has 4 aromatic heterocycles. The van der Waals surface area contributed by atoms with Gasteiger partial charge in [0.2, 0.25) is 11.0 Å². The number of hydrogen-bond acceptors (Lipinski definition) is 10. The van der Waals surface area contributed by atoms with Crippen molar-refractivity contribution in [2.24, 2.45) is 11.8 Å². The number of piperidine rings is 1. The highest BCUT2D eigenvalue weighted by Crippen LogP contribution is 2.41. The van der Waals surface area contributed by atoms with Crippen LogP contribution in [0.25, 0.3) is 27.5 Å². The lowest BCUT2D eigenvalue weighted by molar-refractivity contribution is -0.129. The van der Waals surface area contributed by atoms with E-state index in [-0.39, 0.29) is 18.0 Å². The first kappa shape index (κ1) is 26.2. The summed E-state index contributed by atoms with van der Waals surface area (Å²) in [6.07, 6.45) is 4.48. The Morgan fingerprint density at radius 1 is 1.15 bits per heavy atom. The van der Waals surface area contributed by atoms with Crippen LogP contribution in [0.2, 0.25) is 0 Å². The molecule has 6 rings (SSSR count). The molecule has 1 saturated carbocycles. The monoisotopic (exact) mass is 557 g/mol. The number of aromatic nitrogens is 5. The molecule has 0 radical (unpaired) electrons. The van der Waals surface area contributed by atoms with Gasteiger partial charge in [-0.1, -0.05) is 11.3 Å². The van der Waals surface area contributed by atoms with Gasteiger partial charge in [-0.05, 0) is 69.7 Å². The number of rotatable bonds is 7. The van der Waals surface area contributed by atoms with E-state index in [4.69, 9.17) is 4.98 Å². The number of anilines is 2. The number of carbonyl (C=O) groups excluding carboxylic acids is 1. The van der Waals surface area contributed by atoms with Crippen LogP contribution in [0.15, 0.2) is 36.7 Å². The van der Waals surface area contributed by atoms with Gasteiger partial charge in [0, 0.05) is 37.1 Å². The first-order valence-electron chi connectivity index (χ1n) is 13.5. The summed E-state index contributed by atoms with van der Waals surface area (Å²) >= 11 is 1.54. The molecular weight excluding hydrogens is 526 g/mol. The van der Waals surface area contributed by atoms with Gasteiger partial charge in [0.1, 0.15) is 12.2 Å². The Morgan fingerprint density at radius 2 is 1.93 bits per heavy atom. The van der Waals surface area contributed by atoms with Crippen LogP contribution in [-0.4, -0.2) is 67.1 Å². The Hall–Kier alpha value is -4.08. The average Bonchev–Trinajstić information content (AvgIpc) is 3.64. The number of nitrogens with one attached hydrogen (secondary N) is 2. The van der Waals surface area contributed by atoms with Gasteiger partial charge in [0.05, 0.1) is 34.2 Å². The van der Waals surface area contributed by atoms with Crippen LogP contribution < -0.4 is 15.5 Å². The molecule has 1 aliphatic carbocycles. The summed E-state index contributed by atoms with van der Waals surface area (Å²) in [7, 11) is 0. The second-order valence-corrected chi connectivity index (χ2v) is 11.9. The Labute approximate surface area is 235 Å². The molecule has 206 valence electrons. The Morgan fingerprint density at radius 3 is 2.62 bits per heavy atom. The second-order valence-electron chi connectivity index (χ2n) is 10.9. The number of amides is 1. The molecule has 1 amide bonds. The molecule has 2 bridgehead atoms. The lowest BCUT2D eigenvalue weighted by Gasteiger charge is -2.38. The maximum absolute atomic E-state index is 12.1. The molecule has 4 aromatic rings. The van der Waals surface area contributed by atoms with Gasteiger partial charge < -0.3 is 20.6 Å². The van der Waals surface area contributed by atoms with Gasteiger partial charge in [-0.15, -0.1) is 10.2 Å². The zero-order valence-corrected chi connectivity index (χ0v) is 23.4. The minimum atomic E-state index is -0.999. The fourth-order valence-electron chi connectivity index (χ4n) is 5.80. The maximum atomic E-state index is 12.1. The average molecular weight is 558 g/mol. The predicted molar refractivity (Wildman–Crippen MR) is 153 cm³/mol. The van der Waals surface area contributed by atoms with Crippen LogP contribution in [0.1, 0.15) is 39.2 Å². The van der Waals surface area contributed by atoms with Crippen LogP contribution >= 0.6 is 11.3 Å². The molecule has 3 N–H and O–H groups in total. The number of pyridine rings is 1. The highest BCUT2D eigenvalue weighted by molar-refractivity contribution is 7.18. The van der Waals surface area contributed by atoms with Gasteiger partial charge in [-0.25, -0.2) is 4.52 Å². The molecule has 40 heavy (non-hydrogen) atoms. The molecule has 0 aromatic carbocycles. The molecule has 4 atom stereocenters. The van der Waals surface area contributed by atoms with E-state index in [1.807, 2.05) is 24.4 Å². The number of aliphatic hydroxyl groups is 1. The largest absolute Gasteiger partial charge is 0.384 e. The highest BCUT2D eigenvalue weighted by atomic mass is 32.1. The summed E-state index contributed by atoms with van der Waals surface area (Å²) in [5.41, 5.74) is 4.71. The molecule has 2 aliphatic rings. The summed E-state index contributed by atoms with van der Waals surface area (Å²) in [5, 5.41) is 40.6. The van der Waals surface area contributed by atoms with Crippen LogP contribution in [0.5, 0.6) is 0 Å². The highest BCUT2D eigenvalue weighted by Gasteiger charge is 2.43. The number of nitrogens with zero attached hydrogens (tertiary/aromatic N) is 7. The fraction of sp³-hybridized carbons (Fsp3) is 0.429. The number of aliphatic hydroxyl groups excluding tert-OH is 1. The van der Waals surface area contributed by atoms with Crippen molar-refractivity contribution in [3.63, 3.8) is 0 Å². The molecule has 2 fully saturated rings. The summed E-state index contributed by atoms with van der Waals surface area (Å²) in [6, 6.07) is 10.1. The number of nitriles is 1. The number of carbonyl (C=O) groups is 1. The third-order valence-corrected chi connectivity index (χ3v) is 8.69. The van der Waals surface area contributed by atoms with Crippen LogP contribution in [-0.2, 0) is 4.79 Å². The minimum absolute atomic E-state index is 0.0930. The fourth-order valence-corrected chi connectivity index (χ4v) is 6.69. The van der Waals surface area contributed by atoms with Crippen molar-refractivity contribution in [2.45, 2.75) is 51.8 Å². The van der Waals surface area contributed by atoms with Gasteiger partial charge in [0.25, 0.3) is 0 Å². The lowest BCUT2D eigenvalue weighted by Crippen LogP contribution is -2.54. The van der Waals surface area contributed by atoms with Crippen molar-refractivity contribution < 1.29 is 9.90 Å². The van der Waals surface area contributed by atoms with E-state index in [0.717, 1.165) is 64.2 Å². The van der Waals surface area contributed by atoms with E-state index >= 15 is 0 Å². The Kier molecular flexibility index (Phi) is 6.85. The van der Waals surface area contributed by atoms with Crippen molar-refractivity contribution in [3.05, 3.63) is 42.2 Å². The minimum Gasteiger partial charge on any atom is -0.384 e. The zero-order chi connectivity index (χ0) is 28.0. The first-order chi connectivity index (χ1) is 19.3. The number of fused-ring (bicyclic) bond motifs is 3. The predicted octanol–water partition coefficient (Wildman–Crippen LogP) is 3.32. The van der Waals surface area contributed by atoms with Gasteiger partial charge >= 0.3 is 0 Å². The van der Waals surface area contributed by atoms with Crippen LogP contribution in [0.4, 0.5) is 10.8 Å². The van der Waals surface area contributed by atoms with Crippen molar-refractivity contribution in [1.29, 1.82) is 5.26 Å². The lowest BCUT2D eigenvalue weighted by atomic mass is 9.92. The molecule has 5 heterocycles. The van der Waals surface area contributed by atoms with Crippen molar-refractivity contribution >= 4 is 33.6 Å². The van der Waals surface area contributed by atoms with Gasteiger partial charge in [-0.3, -0.25) is 9.78 Å². The van der Waals surface area contributed by atoms with E-state index in [2.05, 4.69) is 50.7 Å². The molecule has 12 heteroatoms. The standard InChI is InChI=1S/C28H31N9O2S/c1-15(2)32-22-9-23(24-7-6-20-8-17(10-29)11-31-37(20)24)30-12-21(22)27-34-35-28(40-27)36-13-18-4-5-19(14-36)25(18)33-26(39)16(3)38/h6-9,11-12,15-16,18-19,25,38H,4-5,13-14H2,1-3H3,(H,30,32)(H,33,39)/t16?,18-,19+,25?. The smallest absolute Gasteiger partial charge is 0.248 e. The molecule has 0 spiro atoms. The van der Waals surface area contributed by atoms with E-state index in [1.165, 1.54) is 6.92 Å². The molecular formula is C28H31N9O2S. The Balaban J connectivity index is 1.26.